The number of ether oxygens (including phenoxy) is 2. The van der Waals surface area contributed by atoms with Gasteiger partial charge in [0.05, 0.1) is 0 Å². The molecule has 0 aliphatic carbocycles. The summed E-state index contributed by atoms with van der Waals surface area (Å²) in [6, 6.07) is 16.5. The van der Waals surface area contributed by atoms with Crippen LogP contribution in [0.15, 0.2) is 48.5 Å². The number of rotatable bonds is 8. The molecule has 0 amide bonds. The Hall–Kier alpha value is -0.197. The number of nitrogens with zero attached hydrogens (tertiary/aromatic N) is 2. The predicted molar refractivity (Wildman–Crippen MR) is 148 cm³/mol. The van der Waals surface area contributed by atoms with Crippen molar-refractivity contribution in [3.05, 3.63) is 70.3 Å². The van der Waals surface area contributed by atoms with Gasteiger partial charge in [-0.1, -0.05) is 99.2 Å². The van der Waals surface area contributed by atoms with E-state index in [0.717, 1.165) is 50.9 Å². The van der Waals surface area contributed by atoms with Crippen molar-refractivity contribution in [2.75, 3.05) is 39.5 Å². The van der Waals surface area contributed by atoms with E-state index in [1.54, 1.807) is 0 Å². The normalized spacial score (nSPS) is 12.9. The molecule has 0 saturated carbocycles. The minimum atomic E-state index is 0. The third kappa shape index (κ3) is 23.4. The van der Waals surface area contributed by atoms with Crippen molar-refractivity contribution >= 4 is 11.4 Å². The van der Waals surface area contributed by atoms with Gasteiger partial charge in [0, 0.05) is 26.4 Å². The summed E-state index contributed by atoms with van der Waals surface area (Å²) in [7, 11) is 0. The largest absolute Gasteiger partial charge is 4.00 e. The second-order valence-corrected chi connectivity index (χ2v) is 8.68. The van der Waals surface area contributed by atoms with E-state index in [2.05, 4.69) is 62.6 Å². The van der Waals surface area contributed by atoms with E-state index in [0.29, 0.717) is 0 Å². The Kier molecular flexibility index (Phi) is 33.9. The van der Waals surface area contributed by atoms with Crippen molar-refractivity contribution in [2.45, 2.75) is 79.1 Å². The number of hydrogen-bond donors (Lipinski definition) is 0. The van der Waals surface area contributed by atoms with Crippen molar-refractivity contribution in [3.63, 3.8) is 0 Å². The fourth-order valence-electron chi connectivity index (χ4n) is 3.22. The monoisotopic (exact) mass is 716 g/mol. The summed E-state index contributed by atoms with van der Waals surface area (Å²) in [6.07, 6.45) is 9.92. The third-order valence-corrected chi connectivity index (χ3v) is 5.47. The Labute approximate surface area is 268 Å². The molecule has 0 atom stereocenters. The van der Waals surface area contributed by atoms with Gasteiger partial charge in [0.2, 0.25) is 0 Å². The summed E-state index contributed by atoms with van der Waals surface area (Å²) in [5, 5.41) is 8.99. The second kappa shape index (κ2) is 30.3. The molecule has 2 aromatic carbocycles. The first kappa shape index (κ1) is 41.3. The van der Waals surface area contributed by atoms with Crippen LogP contribution in [0.2, 0.25) is 0 Å². The SMILES string of the molecule is C1CCOC1.C1CCOC1.CCCC[N-]c1ccccc1C.CCCC[N-]c1ccccc1C.[Br-].[Br-].[Zr+4]. The fraction of sp³-hybridized carbons (Fsp3) is 0.600. The minimum absolute atomic E-state index is 0. The molecule has 0 unspecified atom stereocenters. The third-order valence-electron chi connectivity index (χ3n) is 5.47. The quantitative estimate of drug-likeness (QED) is 0.394. The van der Waals surface area contributed by atoms with Gasteiger partial charge < -0.3 is 54.1 Å². The van der Waals surface area contributed by atoms with Gasteiger partial charge in [0.1, 0.15) is 0 Å². The zero-order chi connectivity index (χ0) is 24.7. The Morgan fingerprint density at radius 2 is 0.919 bits per heavy atom. The van der Waals surface area contributed by atoms with Crippen LogP contribution in [0, 0.1) is 13.8 Å². The van der Waals surface area contributed by atoms with Gasteiger partial charge >= 0.3 is 26.2 Å². The number of halogens is 2. The molecule has 7 heteroatoms. The molecular weight excluding hydrogens is 671 g/mol. The zero-order valence-corrected chi connectivity index (χ0v) is 29.1. The molecule has 2 heterocycles. The molecule has 208 valence electrons. The van der Waals surface area contributed by atoms with Crippen LogP contribution in [-0.2, 0) is 35.7 Å². The van der Waals surface area contributed by atoms with E-state index in [1.165, 1.54) is 62.5 Å². The van der Waals surface area contributed by atoms with Crippen LogP contribution in [0.25, 0.3) is 10.6 Å². The van der Waals surface area contributed by atoms with Gasteiger partial charge in [-0.2, -0.15) is 0 Å². The van der Waals surface area contributed by atoms with Gasteiger partial charge in [0.15, 0.2) is 0 Å². The maximum absolute atomic E-state index is 4.94. The first-order valence-corrected chi connectivity index (χ1v) is 13.3. The summed E-state index contributed by atoms with van der Waals surface area (Å²) in [5.41, 5.74) is 4.83. The first-order valence-electron chi connectivity index (χ1n) is 13.3. The summed E-state index contributed by atoms with van der Waals surface area (Å²) < 4.78 is 9.89. The average molecular weight is 720 g/mol. The van der Waals surface area contributed by atoms with Crippen LogP contribution < -0.4 is 34.0 Å². The van der Waals surface area contributed by atoms with E-state index < -0.39 is 0 Å². The Morgan fingerprint density at radius 3 is 1.16 bits per heavy atom. The molecule has 2 aliphatic rings. The predicted octanol–water partition coefficient (Wildman–Crippen LogP) is 3.20. The topological polar surface area (TPSA) is 46.7 Å². The van der Waals surface area contributed by atoms with E-state index >= 15 is 0 Å². The number of benzene rings is 2. The minimum Gasteiger partial charge on any atom is -1.00 e. The van der Waals surface area contributed by atoms with Crippen LogP contribution in [0.1, 0.15) is 76.3 Å². The number of aryl methyl sites for hydroxylation is 2. The van der Waals surface area contributed by atoms with Crippen molar-refractivity contribution in [1.82, 2.24) is 0 Å². The zero-order valence-electron chi connectivity index (χ0n) is 23.5. The summed E-state index contributed by atoms with van der Waals surface area (Å²) in [4.78, 5) is 0. The summed E-state index contributed by atoms with van der Waals surface area (Å²) in [6.45, 7) is 14.5. The smallest absolute Gasteiger partial charge is 1.00 e. The average Bonchev–Trinajstić information content (AvgIpc) is 3.62. The van der Waals surface area contributed by atoms with E-state index in [1.807, 2.05) is 24.3 Å². The first-order chi connectivity index (χ1) is 16.7. The molecule has 2 aliphatic heterocycles. The Bertz CT molecular complexity index is 654. The van der Waals surface area contributed by atoms with Gasteiger partial charge in [-0.05, 0) is 39.5 Å². The van der Waals surface area contributed by atoms with Gasteiger partial charge in [-0.3, -0.25) is 0 Å². The molecule has 4 nitrogen and oxygen atoms in total. The fourth-order valence-corrected chi connectivity index (χ4v) is 3.22. The molecule has 2 fully saturated rings. The van der Waals surface area contributed by atoms with Crippen LogP contribution in [0.4, 0.5) is 11.4 Å². The molecule has 4 rings (SSSR count). The molecule has 2 saturated heterocycles. The maximum atomic E-state index is 4.94. The molecule has 0 bridgehead atoms. The van der Waals surface area contributed by atoms with Crippen molar-refractivity contribution in [3.8, 4) is 0 Å². The molecule has 0 radical (unpaired) electrons. The van der Waals surface area contributed by atoms with Gasteiger partial charge in [0.25, 0.3) is 0 Å². The van der Waals surface area contributed by atoms with Crippen LogP contribution in [0.3, 0.4) is 0 Å². The van der Waals surface area contributed by atoms with Crippen molar-refractivity contribution in [1.29, 1.82) is 0 Å². The molecule has 2 aromatic rings. The maximum Gasteiger partial charge on any atom is 4.00 e. The molecule has 0 spiro atoms. The standard InChI is InChI=1S/2C11H16N.2C4H8O.2BrH.Zr/c2*1-3-4-9-12-11-8-6-5-7-10(11)2;2*1-2-4-5-3-1;;;/h2*5-8H,3-4,9H2,1-2H3;2*1-4H2;2*1H;/q2*-1;;;;;+4/p-2. The van der Waals surface area contributed by atoms with Crippen molar-refractivity contribution < 1.29 is 69.6 Å². The Morgan fingerprint density at radius 1 is 0.595 bits per heavy atom. The molecule has 37 heavy (non-hydrogen) atoms. The molecule has 0 aromatic heterocycles. The van der Waals surface area contributed by atoms with Crippen LogP contribution in [0.5, 0.6) is 0 Å². The van der Waals surface area contributed by atoms with Gasteiger partial charge in [-0.15, -0.1) is 24.5 Å². The Balaban J connectivity index is -0.000000433. The van der Waals surface area contributed by atoms with Crippen LogP contribution in [-0.4, -0.2) is 39.5 Å². The second-order valence-electron chi connectivity index (χ2n) is 8.68. The van der Waals surface area contributed by atoms with E-state index in [4.69, 9.17) is 9.47 Å². The number of para-hydroxylation sites is 2. The van der Waals surface area contributed by atoms with Crippen LogP contribution >= 0.6 is 0 Å². The summed E-state index contributed by atoms with van der Waals surface area (Å²) >= 11 is 0. The van der Waals surface area contributed by atoms with E-state index in [9.17, 15) is 0 Å². The number of unbranched alkanes of at least 4 members (excludes halogenated alkanes) is 2. The van der Waals surface area contributed by atoms with Crippen molar-refractivity contribution in [2.24, 2.45) is 0 Å². The molecule has 0 N–H and O–H groups in total. The van der Waals surface area contributed by atoms with Gasteiger partial charge in [-0.25, -0.2) is 0 Å². The summed E-state index contributed by atoms with van der Waals surface area (Å²) in [5.74, 6) is 0. The molecular formula is C30H48Br2N2O2Zr. The van der Waals surface area contributed by atoms with E-state index in [-0.39, 0.29) is 60.2 Å². The number of hydrogen-bond acceptors (Lipinski definition) is 2.